The van der Waals surface area contributed by atoms with Gasteiger partial charge in [0.25, 0.3) is 5.91 Å². The largest absolute Gasteiger partial charge is 0.497 e. The number of benzene rings is 1. The van der Waals surface area contributed by atoms with E-state index in [1.54, 1.807) is 7.11 Å². The molecule has 2 aromatic rings. The lowest BCUT2D eigenvalue weighted by atomic mass is 9.91. The van der Waals surface area contributed by atoms with Crippen molar-refractivity contribution in [2.24, 2.45) is 0 Å². The number of hydrogen-bond acceptors (Lipinski definition) is 4. The number of carbonyl (C=O) groups is 1. The van der Waals surface area contributed by atoms with Gasteiger partial charge in [0.2, 0.25) is 0 Å². The van der Waals surface area contributed by atoms with Crippen LogP contribution in [0.5, 0.6) is 0 Å². The van der Waals surface area contributed by atoms with Crippen LogP contribution in [0.1, 0.15) is 69.0 Å². The summed E-state index contributed by atoms with van der Waals surface area (Å²) in [4.78, 5) is 15.9. The summed E-state index contributed by atoms with van der Waals surface area (Å²) < 4.78 is 11.2. The second-order valence-electron chi connectivity index (χ2n) is 10.2. The van der Waals surface area contributed by atoms with Crippen molar-refractivity contribution in [3.63, 3.8) is 0 Å². The maximum atomic E-state index is 13.2. The topological polar surface area (TPSA) is 54.7 Å². The summed E-state index contributed by atoms with van der Waals surface area (Å²) in [6.07, 6.45) is 9.46. The zero-order valence-corrected chi connectivity index (χ0v) is 22.3. The van der Waals surface area contributed by atoms with Gasteiger partial charge in [-0.05, 0) is 70.6 Å². The third kappa shape index (κ3) is 5.52. The van der Waals surface area contributed by atoms with Crippen molar-refractivity contribution < 1.29 is 13.9 Å². The van der Waals surface area contributed by atoms with Crippen LogP contribution in [0.25, 0.3) is 11.3 Å². The molecule has 5 nitrogen and oxygen atoms in total. The molecule has 0 aliphatic carbocycles. The molecule has 3 heterocycles. The number of rotatable bonds is 9. The number of furan rings is 1. The second kappa shape index (κ2) is 11.3. The normalized spacial score (nSPS) is 23.4. The molecule has 192 valence electrons. The Morgan fingerprint density at radius 1 is 1.22 bits per heavy atom. The Bertz CT molecular complexity index is 1130. The molecule has 2 bridgehead atoms. The highest BCUT2D eigenvalue weighted by Gasteiger charge is 2.43. The van der Waals surface area contributed by atoms with Crippen LogP contribution in [0.15, 0.2) is 76.5 Å². The van der Waals surface area contributed by atoms with Gasteiger partial charge in [-0.2, -0.15) is 0 Å². The van der Waals surface area contributed by atoms with Gasteiger partial charge in [0.15, 0.2) is 0 Å². The summed E-state index contributed by atoms with van der Waals surface area (Å²) in [6.45, 7) is 12.6. The lowest BCUT2D eigenvalue weighted by Crippen LogP contribution is -2.53. The van der Waals surface area contributed by atoms with Crippen molar-refractivity contribution in [3.05, 3.63) is 83.4 Å². The van der Waals surface area contributed by atoms with Gasteiger partial charge >= 0.3 is 0 Å². The number of amides is 1. The van der Waals surface area contributed by atoms with Crippen molar-refractivity contribution in [2.75, 3.05) is 7.11 Å². The number of carbonyl (C=O) groups excluding carboxylic acids is 1. The number of nitrogens with zero attached hydrogens (tertiary/aromatic N) is 1. The summed E-state index contributed by atoms with van der Waals surface area (Å²) in [5.74, 6) is 2.03. The summed E-state index contributed by atoms with van der Waals surface area (Å²) in [5.41, 5.74) is 4.35. The predicted octanol–water partition coefficient (Wildman–Crippen LogP) is 6.81. The van der Waals surface area contributed by atoms with Crippen molar-refractivity contribution in [1.82, 2.24) is 10.2 Å². The highest BCUT2D eigenvalue weighted by Crippen LogP contribution is 2.39. The molecular weight excluding hydrogens is 448 g/mol. The molecule has 0 saturated carbocycles. The molecule has 1 aromatic carbocycles. The number of methoxy groups -OCH3 is 1. The van der Waals surface area contributed by atoms with E-state index in [1.807, 2.05) is 49.4 Å². The number of fused-ring (bicyclic) bond motifs is 2. The van der Waals surface area contributed by atoms with E-state index in [2.05, 4.69) is 43.6 Å². The van der Waals surface area contributed by atoms with E-state index in [0.717, 1.165) is 30.6 Å². The van der Waals surface area contributed by atoms with Crippen LogP contribution in [0.2, 0.25) is 0 Å². The number of nitrogens with one attached hydrogen (secondary N) is 1. The van der Waals surface area contributed by atoms with E-state index in [4.69, 9.17) is 9.15 Å². The number of allylic oxidation sites excluding steroid dienone is 2. The molecule has 1 amide bonds. The van der Waals surface area contributed by atoms with Crippen LogP contribution >= 0.6 is 0 Å². The Labute approximate surface area is 215 Å². The fourth-order valence-electron chi connectivity index (χ4n) is 5.93. The number of hydrogen-bond donors (Lipinski definition) is 1. The van der Waals surface area contributed by atoms with Crippen molar-refractivity contribution in [3.8, 4) is 11.3 Å². The zero-order chi connectivity index (χ0) is 25.8. The van der Waals surface area contributed by atoms with Crippen LogP contribution in [-0.4, -0.2) is 42.1 Å². The Morgan fingerprint density at radius 3 is 2.50 bits per heavy atom. The minimum atomic E-state index is -0.0345. The average molecular weight is 489 g/mol. The SMILES string of the molecule is C=C(/C=C\C(=C(\C)CC)C(C)N1C2CCC1CC(NC(=O)c1cc(-c3ccccc3)oc1C)C2)OC. The van der Waals surface area contributed by atoms with Crippen LogP contribution in [0.4, 0.5) is 0 Å². The molecule has 36 heavy (non-hydrogen) atoms. The smallest absolute Gasteiger partial charge is 0.255 e. The Balaban J connectivity index is 1.45. The molecule has 2 fully saturated rings. The fraction of sp³-hybridized carbons (Fsp3) is 0.452. The third-order valence-electron chi connectivity index (χ3n) is 7.98. The number of aryl methyl sites for hydroxylation is 1. The van der Waals surface area contributed by atoms with Crippen LogP contribution in [-0.2, 0) is 4.74 Å². The Kier molecular flexibility index (Phi) is 8.20. The van der Waals surface area contributed by atoms with Gasteiger partial charge in [0.1, 0.15) is 17.3 Å². The molecule has 3 atom stereocenters. The van der Waals surface area contributed by atoms with Gasteiger partial charge < -0.3 is 14.5 Å². The van der Waals surface area contributed by atoms with Crippen molar-refractivity contribution >= 4 is 5.91 Å². The molecule has 2 aliphatic heterocycles. The third-order valence-corrected chi connectivity index (χ3v) is 7.98. The summed E-state index contributed by atoms with van der Waals surface area (Å²) >= 11 is 0. The minimum Gasteiger partial charge on any atom is -0.497 e. The first-order valence-corrected chi connectivity index (χ1v) is 13.2. The van der Waals surface area contributed by atoms with Gasteiger partial charge in [0.05, 0.1) is 12.7 Å². The molecule has 3 unspecified atom stereocenters. The standard InChI is InChI=1S/C31H40N2O3/c1-7-20(2)28(16-13-21(3)35-6)22(4)33-26-14-15-27(33)18-25(17-26)32-31(34)29-19-30(36-23(29)5)24-11-9-8-10-12-24/h8-13,16,19,22,25-27H,3,7,14-15,17-18H2,1-2,4-6H3,(H,32,34)/b16-13-,28-20+. The van der Waals surface area contributed by atoms with Gasteiger partial charge in [-0.1, -0.05) is 55.5 Å². The van der Waals surface area contributed by atoms with E-state index in [1.165, 1.54) is 24.0 Å². The van der Waals surface area contributed by atoms with Crippen LogP contribution < -0.4 is 5.32 Å². The van der Waals surface area contributed by atoms with E-state index >= 15 is 0 Å². The number of piperidine rings is 1. The molecule has 1 aromatic heterocycles. The lowest BCUT2D eigenvalue weighted by molar-refractivity contribution is 0.0773. The Hall–Kier alpha value is -3.05. The van der Waals surface area contributed by atoms with E-state index in [9.17, 15) is 4.79 Å². The second-order valence-corrected chi connectivity index (χ2v) is 10.2. The molecule has 0 spiro atoms. The van der Waals surface area contributed by atoms with E-state index in [-0.39, 0.29) is 11.9 Å². The van der Waals surface area contributed by atoms with Crippen LogP contribution in [0.3, 0.4) is 0 Å². The monoisotopic (exact) mass is 488 g/mol. The highest BCUT2D eigenvalue weighted by molar-refractivity contribution is 5.96. The molecule has 4 rings (SSSR count). The van der Waals surface area contributed by atoms with Gasteiger partial charge in [0, 0.05) is 29.7 Å². The lowest BCUT2D eigenvalue weighted by Gasteiger charge is -2.43. The number of ether oxygens (including phenoxy) is 1. The first-order valence-electron chi connectivity index (χ1n) is 13.2. The highest BCUT2D eigenvalue weighted by atomic mass is 16.5. The molecule has 2 aliphatic rings. The molecule has 5 heteroatoms. The maximum Gasteiger partial charge on any atom is 0.255 e. The Morgan fingerprint density at radius 2 is 1.89 bits per heavy atom. The maximum absolute atomic E-state index is 13.2. The first-order chi connectivity index (χ1) is 17.3. The summed E-state index contributed by atoms with van der Waals surface area (Å²) in [7, 11) is 1.65. The first kappa shape index (κ1) is 26.0. The quantitative estimate of drug-likeness (QED) is 0.311. The van der Waals surface area contributed by atoms with Crippen molar-refractivity contribution in [1.29, 1.82) is 0 Å². The van der Waals surface area contributed by atoms with Crippen LogP contribution in [0, 0.1) is 6.92 Å². The van der Waals surface area contributed by atoms with Crippen molar-refractivity contribution in [2.45, 2.75) is 84.0 Å². The summed E-state index contributed by atoms with van der Waals surface area (Å²) in [5, 5.41) is 3.33. The van der Waals surface area contributed by atoms with Gasteiger partial charge in [-0.25, -0.2) is 0 Å². The molecular formula is C31H40N2O3. The van der Waals surface area contributed by atoms with E-state index in [0.29, 0.717) is 35.2 Å². The average Bonchev–Trinajstić information content (AvgIpc) is 3.40. The molecule has 1 N–H and O–H groups in total. The summed E-state index contributed by atoms with van der Waals surface area (Å²) in [6, 6.07) is 13.2. The minimum absolute atomic E-state index is 0.0345. The van der Waals surface area contributed by atoms with E-state index < -0.39 is 0 Å². The molecule has 2 saturated heterocycles. The fourth-order valence-corrected chi connectivity index (χ4v) is 5.93. The predicted molar refractivity (Wildman–Crippen MR) is 146 cm³/mol. The van der Waals surface area contributed by atoms with Gasteiger partial charge in [-0.15, -0.1) is 0 Å². The van der Waals surface area contributed by atoms with Gasteiger partial charge in [-0.3, -0.25) is 9.69 Å². The molecule has 0 radical (unpaired) electrons. The zero-order valence-electron chi connectivity index (χ0n) is 22.3.